The molecule has 0 aliphatic carbocycles. The number of nitro groups is 1. The van der Waals surface area contributed by atoms with Crippen molar-refractivity contribution >= 4 is 17.7 Å². The first-order valence-electron chi connectivity index (χ1n) is 6.39. The fraction of sp³-hybridized carbons (Fsp3) is 0.133. The minimum atomic E-state index is -0.636. The van der Waals surface area contributed by atoms with Crippen LogP contribution in [0.4, 0.5) is 5.88 Å². The van der Waals surface area contributed by atoms with E-state index in [1.807, 2.05) is 0 Å². The van der Waals surface area contributed by atoms with Crippen LogP contribution in [0.25, 0.3) is 6.08 Å². The summed E-state index contributed by atoms with van der Waals surface area (Å²) in [6, 6.07) is 7.60. The molecule has 1 aliphatic heterocycles. The summed E-state index contributed by atoms with van der Waals surface area (Å²) in [5.41, 5.74) is 0.779. The molecule has 2 heterocycles. The Kier molecular flexibility index (Phi) is 3.38. The van der Waals surface area contributed by atoms with Gasteiger partial charge in [0.1, 0.15) is 28.8 Å². The lowest BCUT2D eigenvalue weighted by Gasteiger charge is -2.19. The van der Waals surface area contributed by atoms with Gasteiger partial charge in [-0.25, -0.2) is 0 Å². The molecule has 0 atom stereocenters. The first-order valence-corrected chi connectivity index (χ1v) is 6.39. The number of carbonyl (C=O) groups excluding carboxylic acids is 1. The van der Waals surface area contributed by atoms with Crippen LogP contribution in [-0.2, 0) is 0 Å². The Morgan fingerprint density at radius 3 is 2.82 bits per heavy atom. The predicted molar refractivity (Wildman–Crippen MR) is 76.2 cm³/mol. The van der Waals surface area contributed by atoms with Crippen LogP contribution in [0.1, 0.15) is 16.1 Å². The fourth-order valence-corrected chi connectivity index (χ4v) is 2.13. The first kappa shape index (κ1) is 13.9. The summed E-state index contributed by atoms with van der Waals surface area (Å²) in [6.07, 6.45) is 1.45. The molecule has 2 aromatic rings. The van der Waals surface area contributed by atoms with Crippen molar-refractivity contribution in [2.24, 2.45) is 0 Å². The quantitative estimate of drug-likeness (QED) is 0.491. The molecule has 0 spiro atoms. The molecule has 0 saturated heterocycles. The van der Waals surface area contributed by atoms with Gasteiger partial charge in [0.2, 0.25) is 0 Å². The summed E-state index contributed by atoms with van der Waals surface area (Å²) >= 11 is 0. The number of hydrogen-bond donors (Lipinski definition) is 0. The predicted octanol–water partition coefficient (Wildman–Crippen LogP) is 2.86. The molecule has 0 amide bonds. The highest BCUT2D eigenvalue weighted by Gasteiger charge is 2.24. The molecular weight excluding hydrogens is 290 g/mol. The van der Waals surface area contributed by atoms with Gasteiger partial charge in [-0.05, 0) is 24.3 Å². The van der Waals surface area contributed by atoms with Gasteiger partial charge in [-0.3, -0.25) is 14.9 Å². The molecule has 7 nitrogen and oxygen atoms in total. The van der Waals surface area contributed by atoms with E-state index in [2.05, 4.69) is 0 Å². The summed E-state index contributed by atoms with van der Waals surface area (Å²) in [7, 11) is 1.53. The summed E-state index contributed by atoms with van der Waals surface area (Å²) in [5.74, 6) is 0.701. The lowest BCUT2D eigenvalue weighted by Crippen LogP contribution is -2.19. The molecule has 1 aromatic carbocycles. The van der Waals surface area contributed by atoms with Gasteiger partial charge < -0.3 is 13.9 Å². The molecule has 1 aliphatic rings. The van der Waals surface area contributed by atoms with Crippen molar-refractivity contribution in [3.63, 3.8) is 0 Å². The SMILES string of the molecule is COc1ccc2c(c1)OCC(=Cc1ccc([N+](=O)[O-])o1)C2=O. The van der Waals surface area contributed by atoms with E-state index < -0.39 is 4.92 Å². The van der Waals surface area contributed by atoms with Gasteiger partial charge in [-0.2, -0.15) is 0 Å². The van der Waals surface area contributed by atoms with Crippen molar-refractivity contribution in [1.29, 1.82) is 0 Å². The molecule has 1 aromatic heterocycles. The second-order valence-corrected chi connectivity index (χ2v) is 4.58. The van der Waals surface area contributed by atoms with Crippen LogP contribution in [0, 0.1) is 10.1 Å². The highest BCUT2D eigenvalue weighted by molar-refractivity contribution is 6.14. The van der Waals surface area contributed by atoms with Crippen LogP contribution in [0.5, 0.6) is 11.5 Å². The Bertz CT molecular complexity index is 789. The number of ketones is 1. The molecule has 0 radical (unpaired) electrons. The number of rotatable bonds is 3. The number of methoxy groups -OCH3 is 1. The lowest BCUT2D eigenvalue weighted by atomic mass is 9.99. The fourth-order valence-electron chi connectivity index (χ4n) is 2.13. The van der Waals surface area contributed by atoms with Crippen molar-refractivity contribution in [3.05, 3.63) is 57.3 Å². The van der Waals surface area contributed by atoms with Crippen LogP contribution in [0.3, 0.4) is 0 Å². The number of furan rings is 1. The monoisotopic (exact) mass is 301 g/mol. The van der Waals surface area contributed by atoms with Crippen LogP contribution in [0.15, 0.2) is 40.3 Å². The van der Waals surface area contributed by atoms with Gasteiger partial charge in [0.05, 0.1) is 18.7 Å². The Morgan fingerprint density at radius 1 is 1.32 bits per heavy atom. The number of benzene rings is 1. The number of fused-ring (bicyclic) bond motifs is 1. The van der Waals surface area contributed by atoms with Gasteiger partial charge in [0, 0.05) is 11.6 Å². The second kappa shape index (κ2) is 5.36. The molecule has 112 valence electrons. The third kappa shape index (κ3) is 2.44. The van der Waals surface area contributed by atoms with Gasteiger partial charge in [-0.1, -0.05) is 0 Å². The number of Topliss-reactive ketones (excluding diaryl/α,β-unsaturated/α-hetero) is 1. The van der Waals surface area contributed by atoms with Crippen molar-refractivity contribution in [3.8, 4) is 11.5 Å². The summed E-state index contributed by atoms with van der Waals surface area (Å²) in [4.78, 5) is 22.3. The maximum Gasteiger partial charge on any atom is 0.433 e. The molecule has 0 fully saturated rings. The molecule has 3 rings (SSSR count). The minimum absolute atomic E-state index is 0.0630. The first-order chi connectivity index (χ1) is 10.6. The zero-order chi connectivity index (χ0) is 15.7. The summed E-state index contributed by atoms with van der Waals surface area (Å²) in [5, 5.41) is 10.6. The summed E-state index contributed by atoms with van der Waals surface area (Å²) in [6.45, 7) is 0.0630. The minimum Gasteiger partial charge on any atom is -0.497 e. The maximum absolute atomic E-state index is 12.4. The van der Waals surface area contributed by atoms with Crippen molar-refractivity contribution in [2.75, 3.05) is 13.7 Å². The zero-order valence-corrected chi connectivity index (χ0v) is 11.6. The Labute approximate surface area is 124 Å². The highest BCUT2D eigenvalue weighted by Crippen LogP contribution is 2.31. The van der Waals surface area contributed by atoms with Crippen molar-refractivity contribution < 1.29 is 23.6 Å². The van der Waals surface area contributed by atoms with E-state index in [9.17, 15) is 14.9 Å². The third-order valence-electron chi connectivity index (χ3n) is 3.22. The molecule has 0 N–H and O–H groups in total. The highest BCUT2D eigenvalue weighted by atomic mass is 16.6. The van der Waals surface area contributed by atoms with Crippen LogP contribution < -0.4 is 9.47 Å². The zero-order valence-electron chi connectivity index (χ0n) is 11.6. The van der Waals surface area contributed by atoms with Crippen molar-refractivity contribution in [2.45, 2.75) is 0 Å². The van der Waals surface area contributed by atoms with Gasteiger partial charge in [0.25, 0.3) is 0 Å². The molecule has 0 bridgehead atoms. The Balaban J connectivity index is 1.91. The Hall–Kier alpha value is -3.09. The van der Waals surface area contributed by atoms with Gasteiger partial charge in [0.15, 0.2) is 5.78 Å². The summed E-state index contributed by atoms with van der Waals surface area (Å²) < 4.78 is 15.6. The normalized spacial score (nSPS) is 15.3. The molecular formula is C15H11NO6. The molecule has 22 heavy (non-hydrogen) atoms. The number of carbonyl (C=O) groups is 1. The van der Waals surface area contributed by atoms with E-state index in [-0.39, 0.29) is 24.0 Å². The smallest absolute Gasteiger partial charge is 0.433 e. The van der Waals surface area contributed by atoms with E-state index in [1.54, 1.807) is 18.2 Å². The van der Waals surface area contributed by atoms with Crippen LogP contribution in [0.2, 0.25) is 0 Å². The third-order valence-corrected chi connectivity index (χ3v) is 3.22. The largest absolute Gasteiger partial charge is 0.497 e. The van der Waals surface area contributed by atoms with E-state index >= 15 is 0 Å². The standard InChI is InChI=1S/C15H11NO6/c1-20-10-2-4-12-13(7-10)21-8-9(15(12)17)6-11-3-5-14(22-11)16(18)19/h2-7H,8H2,1H3. The average Bonchev–Trinajstić information content (AvgIpc) is 2.98. The topological polar surface area (TPSA) is 91.8 Å². The molecule has 7 heteroatoms. The Morgan fingerprint density at radius 2 is 2.14 bits per heavy atom. The van der Waals surface area contributed by atoms with Gasteiger partial charge in [-0.15, -0.1) is 0 Å². The van der Waals surface area contributed by atoms with Gasteiger partial charge >= 0.3 is 5.88 Å². The molecule has 0 saturated carbocycles. The van der Waals surface area contributed by atoms with Crippen LogP contribution >= 0.6 is 0 Å². The lowest BCUT2D eigenvalue weighted by molar-refractivity contribution is -0.402. The van der Waals surface area contributed by atoms with Crippen LogP contribution in [-0.4, -0.2) is 24.4 Å². The number of ether oxygens (including phenoxy) is 2. The second-order valence-electron chi connectivity index (χ2n) is 4.58. The van der Waals surface area contributed by atoms with E-state index in [0.717, 1.165) is 0 Å². The number of hydrogen-bond acceptors (Lipinski definition) is 6. The van der Waals surface area contributed by atoms with Crippen molar-refractivity contribution in [1.82, 2.24) is 0 Å². The van der Waals surface area contributed by atoms with E-state index in [4.69, 9.17) is 13.9 Å². The van der Waals surface area contributed by atoms with E-state index in [1.165, 1.54) is 25.3 Å². The number of nitrogens with zero attached hydrogens (tertiary/aromatic N) is 1. The average molecular weight is 301 g/mol. The molecule has 0 unspecified atom stereocenters. The van der Waals surface area contributed by atoms with E-state index in [0.29, 0.717) is 22.6 Å². The maximum atomic E-state index is 12.4.